The van der Waals surface area contributed by atoms with Gasteiger partial charge < -0.3 is 4.74 Å². The molecule has 0 aliphatic rings. The highest BCUT2D eigenvalue weighted by molar-refractivity contribution is 7.13. The van der Waals surface area contributed by atoms with Gasteiger partial charge in [0, 0.05) is 23.6 Å². The Kier molecular flexibility index (Phi) is 4.62. The van der Waals surface area contributed by atoms with E-state index in [0.717, 1.165) is 5.56 Å². The van der Waals surface area contributed by atoms with Crippen LogP contribution in [0.2, 0.25) is 5.02 Å². The van der Waals surface area contributed by atoms with Crippen molar-refractivity contribution < 1.29 is 9.53 Å². The Labute approximate surface area is 127 Å². The Morgan fingerprint density at radius 1 is 1.50 bits per heavy atom. The average Bonchev–Trinajstić information content (AvgIpc) is 2.94. The number of carbonyl (C=O) groups excluding carboxylic acids is 1. The van der Waals surface area contributed by atoms with E-state index in [9.17, 15) is 4.79 Å². The molecule has 0 saturated heterocycles. The van der Waals surface area contributed by atoms with Crippen molar-refractivity contribution in [1.82, 2.24) is 4.98 Å². The van der Waals surface area contributed by atoms with Crippen LogP contribution in [0.3, 0.4) is 0 Å². The van der Waals surface area contributed by atoms with Crippen LogP contribution < -0.4 is 9.64 Å². The molecule has 4 nitrogen and oxygen atoms in total. The quantitative estimate of drug-likeness (QED) is 0.867. The monoisotopic (exact) mass is 310 g/mol. The molecule has 106 valence electrons. The number of thiazole rings is 1. The van der Waals surface area contributed by atoms with Gasteiger partial charge in [-0.3, -0.25) is 9.69 Å². The van der Waals surface area contributed by atoms with Gasteiger partial charge in [-0.25, -0.2) is 4.98 Å². The second-order valence-corrected chi connectivity index (χ2v) is 5.69. The maximum atomic E-state index is 12.3. The molecule has 0 spiro atoms. The Balaban J connectivity index is 2.07. The average molecular weight is 311 g/mol. The highest BCUT2D eigenvalue weighted by Gasteiger charge is 2.22. The number of likely N-dealkylation sites (N-methyl/N-ethyl adjacent to an activating group) is 1. The zero-order valence-electron chi connectivity index (χ0n) is 11.5. The van der Waals surface area contributed by atoms with E-state index in [1.807, 2.05) is 12.3 Å². The predicted octanol–water partition coefficient (Wildman–Crippen LogP) is 3.54. The summed E-state index contributed by atoms with van der Waals surface area (Å²) < 4.78 is 5.71. The van der Waals surface area contributed by atoms with Crippen molar-refractivity contribution in [3.8, 4) is 5.75 Å². The Morgan fingerprint density at radius 2 is 2.25 bits per heavy atom. The van der Waals surface area contributed by atoms with Gasteiger partial charge in [0.15, 0.2) is 11.2 Å². The van der Waals surface area contributed by atoms with Gasteiger partial charge in [0.2, 0.25) is 0 Å². The molecular formula is C14H15ClN2O2S. The summed E-state index contributed by atoms with van der Waals surface area (Å²) in [6.45, 7) is 3.61. The number of benzene rings is 1. The number of aryl methyl sites for hydroxylation is 1. The summed E-state index contributed by atoms with van der Waals surface area (Å²) in [6.07, 6.45) is 1.07. The highest BCUT2D eigenvalue weighted by atomic mass is 35.5. The second kappa shape index (κ2) is 6.24. The normalized spacial score (nSPS) is 12.0. The molecule has 6 heteroatoms. The lowest BCUT2D eigenvalue weighted by molar-refractivity contribution is -0.124. The zero-order chi connectivity index (χ0) is 14.7. The van der Waals surface area contributed by atoms with Gasteiger partial charge in [0.25, 0.3) is 5.91 Å². The minimum Gasteiger partial charge on any atom is -0.481 e. The number of hydrogen-bond acceptors (Lipinski definition) is 4. The number of rotatable bonds is 4. The molecular weight excluding hydrogens is 296 g/mol. The van der Waals surface area contributed by atoms with Crippen molar-refractivity contribution in [1.29, 1.82) is 0 Å². The number of amides is 1. The minimum absolute atomic E-state index is 0.144. The van der Waals surface area contributed by atoms with Gasteiger partial charge in [-0.2, -0.15) is 0 Å². The lowest BCUT2D eigenvalue weighted by atomic mass is 10.2. The van der Waals surface area contributed by atoms with Crippen LogP contribution in [0.5, 0.6) is 5.75 Å². The third-order valence-corrected chi connectivity index (χ3v) is 3.91. The fraction of sp³-hybridized carbons (Fsp3) is 0.286. The third kappa shape index (κ3) is 3.29. The summed E-state index contributed by atoms with van der Waals surface area (Å²) in [4.78, 5) is 17.9. The molecule has 1 aromatic carbocycles. The molecule has 0 aliphatic heterocycles. The van der Waals surface area contributed by atoms with Gasteiger partial charge >= 0.3 is 0 Å². The number of hydrogen-bond donors (Lipinski definition) is 0. The second-order valence-electron chi connectivity index (χ2n) is 4.38. The van der Waals surface area contributed by atoms with Crippen LogP contribution in [-0.2, 0) is 4.79 Å². The summed E-state index contributed by atoms with van der Waals surface area (Å²) in [7, 11) is 1.69. The van der Waals surface area contributed by atoms with E-state index in [1.54, 1.807) is 38.4 Å². The fourth-order valence-electron chi connectivity index (χ4n) is 1.73. The van der Waals surface area contributed by atoms with Crippen molar-refractivity contribution in [2.24, 2.45) is 0 Å². The van der Waals surface area contributed by atoms with Crippen LogP contribution in [0.4, 0.5) is 5.13 Å². The number of halogens is 1. The van der Waals surface area contributed by atoms with E-state index >= 15 is 0 Å². The summed E-state index contributed by atoms with van der Waals surface area (Å²) in [6, 6.07) is 5.31. The minimum atomic E-state index is -0.594. The summed E-state index contributed by atoms with van der Waals surface area (Å²) in [5.41, 5.74) is 0.897. The number of carbonyl (C=O) groups is 1. The molecule has 2 aromatic rings. The molecule has 0 aliphatic carbocycles. The first-order chi connectivity index (χ1) is 9.49. The maximum Gasteiger partial charge on any atom is 0.269 e. The summed E-state index contributed by atoms with van der Waals surface area (Å²) in [5.74, 6) is 0.511. The first-order valence-corrected chi connectivity index (χ1v) is 7.34. The highest BCUT2D eigenvalue weighted by Crippen LogP contribution is 2.24. The van der Waals surface area contributed by atoms with E-state index in [2.05, 4.69) is 4.98 Å². The van der Waals surface area contributed by atoms with Gasteiger partial charge in [-0.05, 0) is 37.6 Å². The van der Waals surface area contributed by atoms with E-state index in [4.69, 9.17) is 16.3 Å². The van der Waals surface area contributed by atoms with Crippen molar-refractivity contribution in [3.05, 3.63) is 40.4 Å². The molecule has 1 aromatic heterocycles. The van der Waals surface area contributed by atoms with E-state index < -0.39 is 6.10 Å². The lowest BCUT2D eigenvalue weighted by Crippen LogP contribution is -2.38. The van der Waals surface area contributed by atoms with Gasteiger partial charge in [-0.15, -0.1) is 11.3 Å². The molecule has 0 saturated carbocycles. The molecule has 2 rings (SSSR count). The lowest BCUT2D eigenvalue weighted by Gasteiger charge is -2.20. The third-order valence-electron chi connectivity index (χ3n) is 2.83. The van der Waals surface area contributed by atoms with Crippen LogP contribution >= 0.6 is 22.9 Å². The van der Waals surface area contributed by atoms with Gasteiger partial charge in [-0.1, -0.05) is 11.6 Å². The number of nitrogens with zero attached hydrogens (tertiary/aromatic N) is 2. The Hall–Kier alpha value is -1.59. The molecule has 1 amide bonds. The number of aromatic nitrogens is 1. The van der Waals surface area contributed by atoms with E-state index in [-0.39, 0.29) is 5.91 Å². The molecule has 1 heterocycles. The van der Waals surface area contributed by atoms with Crippen LogP contribution in [-0.4, -0.2) is 24.0 Å². The topological polar surface area (TPSA) is 42.4 Å². The summed E-state index contributed by atoms with van der Waals surface area (Å²) >= 11 is 7.31. The predicted molar refractivity (Wildman–Crippen MR) is 81.8 cm³/mol. The largest absolute Gasteiger partial charge is 0.481 e. The SMILES string of the molecule is Cc1cc(Cl)ccc1O[C@@H](C)C(=O)N(C)c1nccs1. The molecule has 0 bridgehead atoms. The first kappa shape index (κ1) is 14.8. The number of anilines is 1. The smallest absolute Gasteiger partial charge is 0.269 e. The number of ether oxygens (including phenoxy) is 1. The molecule has 20 heavy (non-hydrogen) atoms. The Morgan fingerprint density at radius 3 is 2.85 bits per heavy atom. The Bertz CT molecular complexity index is 601. The standard InChI is InChI=1S/C14H15ClN2O2S/c1-9-8-11(15)4-5-12(9)19-10(2)13(18)17(3)14-16-6-7-20-14/h4-8,10H,1-3H3/t10-/m0/s1. The van der Waals surface area contributed by atoms with Crippen LogP contribution in [0.1, 0.15) is 12.5 Å². The van der Waals surface area contributed by atoms with Crippen molar-refractivity contribution in [2.45, 2.75) is 20.0 Å². The van der Waals surface area contributed by atoms with Crippen molar-refractivity contribution in [3.63, 3.8) is 0 Å². The molecule has 0 unspecified atom stereocenters. The molecule has 0 radical (unpaired) electrons. The zero-order valence-corrected chi connectivity index (χ0v) is 13.0. The van der Waals surface area contributed by atoms with Crippen LogP contribution in [0.15, 0.2) is 29.8 Å². The van der Waals surface area contributed by atoms with Gasteiger partial charge in [0.05, 0.1) is 0 Å². The fourth-order valence-corrected chi connectivity index (χ4v) is 2.57. The van der Waals surface area contributed by atoms with Crippen LogP contribution in [0, 0.1) is 6.92 Å². The van der Waals surface area contributed by atoms with Crippen molar-refractivity contribution >= 4 is 34.0 Å². The van der Waals surface area contributed by atoms with E-state index in [0.29, 0.717) is 15.9 Å². The maximum absolute atomic E-state index is 12.3. The van der Waals surface area contributed by atoms with Gasteiger partial charge in [0.1, 0.15) is 5.75 Å². The molecule has 0 fully saturated rings. The van der Waals surface area contributed by atoms with E-state index in [1.165, 1.54) is 16.2 Å². The molecule has 1 atom stereocenters. The summed E-state index contributed by atoms with van der Waals surface area (Å²) in [5, 5.41) is 3.13. The molecule has 0 N–H and O–H groups in total. The van der Waals surface area contributed by atoms with Crippen molar-refractivity contribution in [2.75, 3.05) is 11.9 Å². The first-order valence-electron chi connectivity index (χ1n) is 6.09. The van der Waals surface area contributed by atoms with Crippen LogP contribution in [0.25, 0.3) is 0 Å².